The molecule has 2 rings (SSSR count). The highest BCUT2D eigenvalue weighted by Gasteiger charge is 2.07. The summed E-state index contributed by atoms with van der Waals surface area (Å²) < 4.78 is 5.02. The first-order chi connectivity index (χ1) is 8.11. The molecule has 4 nitrogen and oxygen atoms in total. The van der Waals surface area contributed by atoms with Gasteiger partial charge in [-0.25, -0.2) is 4.79 Å². The number of fused-ring (bicyclic) bond motifs is 1. The molecule has 0 amide bonds. The van der Waals surface area contributed by atoms with Crippen LogP contribution >= 0.6 is 0 Å². The fourth-order valence-electron chi connectivity index (χ4n) is 1.58. The fourth-order valence-corrected chi connectivity index (χ4v) is 1.58. The molecule has 0 unspecified atom stereocenters. The third kappa shape index (κ3) is 2.06. The molecule has 0 aliphatic carbocycles. The number of nitrogens with two attached hydrogens (primary N) is 2. The molecule has 86 valence electrons. The minimum atomic E-state index is -0.542. The van der Waals surface area contributed by atoms with Crippen molar-refractivity contribution in [2.45, 2.75) is 0 Å². The third-order valence-electron chi connectivity index (χ3n) is 2.42. The SMILES string of the molecule is C=CC(=O)Oc1cc2cccc(N)c2cc1N. The molecule has 2 aromatic rings. The molecule has 0 aliphatic rings. The van der Waals surface area contributed by atoms with Crippen LogP contribution < -0.4 is 16.2 Å². The van der Waals surface area contributed by atoms with E-state index >= 15 is 0 Å². The smallest absolute Gasteiger partial charge is 0.335 e. The summed E-state index contributed by atoms with van der Waals surface area (Å²) in [6.07, 6.45) is 1.09. The molecule has 0 saturated carbocycles. The molecule has 4 heteroatoms. The van der Waals surface area contributed by atoms with E-state index in [1.54, 1.807) is 18.2 Å². The van der Waals surface area contributed by atoms with Crippen LogP contribution in [0.4, 0.5) is 11.4 Å². The van der Waals surface area contributed by atoms with Crippen molar-refractivity contribution in [3.05, 3.63) is 43.0 Å². The molecule has 0 aromatic heterocycles. The lowest BCUT2D eigenvalue weighted by atomic mass is 10.1. The predicted molar refractivity (Wildman–Crippen MR) is 68.6 cm³/mol. The Morgan fingerprint density at radius 3 is 2.71 bits per heavy atom. The van der Waals surface area contributed by atoms with Crippen LogP contribution in [-0.4, -0.2) is 5.97 Å². The minimum Gasteiger partial charge on any atom is -0.421 e. The summed E-state index contributed by atoms with van der Waals surface area (Å²) in [5, 5.41) is 1.70. The Labute approximate surface area is 98.5 Å². The Hall–Kier alpha value is -2.49. The number of esters is 1. The topological polar surface area (TPSA) is 78.3 Å². The summed E-state index contributed by atoms with van der Waals surface area (Å²) in [6.45, 7) is 3.33. The first-order valence-corrected chi connectivity index (χ1v) is 5.04. The third-order valence-corrected chi connectivity index (χ3v) is 2.42. The van der Waals surface area contributed by atoms with Crippen molar-refractivity contribution in [2.75, 3.05) is 11.5 Å². The van der Waals surface area contributed by atoms with Crippen molar-refractivity contribution in [3.63, 3.8) is 0 Å². The summed E-state index contributed by atoms with van der Waals surface area (Å²) in [7, 11) is 0. The van der Waals surface area contributed by atoms with Gasteiger partial charge in [-0.05, 0) is 23.6 Å². The summed E-state index contributed by atoms with van der Waals surface area (Å²) in [4.78, 5) is 11.1. The summed E-state index contributed by atoms with van der Waals surface area (Å²) >= 11 is 0. The minimum absolute atomic E-state index is 0.313. The van der Waals surface area contributed by atoms with E-state index < -0.39 is 5.97 Å². The quantitative estimate of drug-likeness (QED) is 0.357. The number of ether oxygens (including phenoxy) is 1. The van der Waals surface area contributed by atoms with E-state index in [0.717, 1.165) is 16.8 Å². The van der Waals surface area contributed by atoms with Gasteiger partial charge in [0.25, 0.3) is 0 Å². The zero-order valence-corrected chi connectivity index (χ0v) is 9.14. The Kier molecular flexibility index (Phi) is 2.70. The van der Waals surface area contributed by atoms with Gasteiger partial charge in [-0.2, -0.15) is 0 Å². The van der Waals surface area contributed by atoms with Crippen LogP contribution in [0.25, 0.3) is 10.8 Å². The van der Waals surface area contributed by atoms with Crippen molar-refractivity contribution in [1.29, 1.82) is 0 Å². The lowest BCUT2D eigenvalue weighted by molar-refractivity contribution is -0.128. The molecule has 0 aliphatic heterocycles. The fraction of sp³-hybridized carbons (Fsp3) is 0. The largest absolute Gasteiger partial charge is 0.421 e. The van der Waals surface area contributed by atoms with Crippen LogP contribution in [0.1, 0.15) is 0 Å². The van der Waals surface area contributed by atoms with Crippen LogP contribution in [0.15, 0.2) is 43.0 Å². The van der Waals surface area contributed by atoms with E-state index in [4.69, 9.17) is 16.2 Å². The lowest BCUT2D eigenvalue weighted by Crippen LogP contribution is -2.05. The van der Waals surface area contributed by atoms with Crippen molar-refractivity contribution >= 4 is 28.1 Å². The molecule has 0 heterocycles. The highest BCUT2D eigenvalue weighted by atomic mass is 16.5. The Bertz CT molecular complexity index is 606. The Morgan fingerprint density at radius 2 is 2.00 bits per heavy atom. The van der Waals surface area contributed by atoms with Gasteiger partial charge in [0.2, 0.25) is 0 Å². The molecule has 0 bridgehead atoms. The van der Waals surface area contributed by atoms with Gasteiger partial charge in [-0.1, -0.05) is 18.7 Å². The average molecular weight is 228 g/mol. The monoisotopic (exact) mass is 228 g/mol. The van der Waals surface area contributed by atoms with Crippen LogP contribution in [0, 0.1) is 0 Å². The van der Waals surface area contributed by atoms with Crippen LogP contribution in [-0.2, 0) is 4.79 Å². The molecule has 0 radical (unpaired) electrons. The number of hydrogen-bond donors (Lipinski definition) is 2. The van der Waals surface area contributed by atoms with Crippen LogP contribution in [0.2, 0.25) is 0 Å². The van der Waals surface area contributed by atoms with E-state index in [0.29, 0.717) is 17.1 Å². The van der Waals surface area contributed by atoms with Gasteiger partial charge in [-0.15, -0.1) is 0 Å². The molecule has 0 fully saturated rings. The second-order valence-corrected chi connectivity index (χ2v) is 3.58. The van der Waals surface area contributed by atoms with Gasteiger partial charge in [0.1, 0.15) is 0 Å². The Morgan fingerprint density at radius 1 is 1.24 bits per heavy atom. The molecule has 2 aromatic carbocycles. The number of benzene rings is 2. The summed E-state index contributed by atoms with van der Waals surface area (Å²) in [5.74, 6) is -0.229. The molecule has 0 atom stereocenters. The highest BCUT2D eigenvalue weighted by molar-refractivity contribution is 5.97. The normalized spacial score (nSPS) is 10.1. The van der Waals surface area contributed by atoms with Crippen molar-refractivity contribution in [2.24, 2.45) is 0 Å². The first-order valence-electron chi connectivity index (χ1n) is 5.04. The van der Waals surface area contributed by atoms with Gasteiger partial charge < -0.3 is 16.2 Å². The number of rotatable bonds is 2. The maximum Gasteiger partial charge on any atom is 0.335 e. The van der Waals surface area contributed by atoms with E-state index in [2.05, 4.69) is 6.58 Å². The number of carbonyl (C=O) groups excluding carboxylic acids is 1. The number of carbonyl (C=O) groups is 1. The van der Waals surface area contributed by atoms with Gasteiger partial charge in [0, 0.05) is 17.1 Å². The second-order valence-electron chi connectivity index (χ2n) is 3.58. The zero-order chi connectivity index (χ0) is 12.4. The van der Waals surface area contributed by atoms with Gasteiger partial charge in [0.15, 0.2) is 5.75 Å². The number of anilines is 2. The van der Waals surface area contributed by atoms with Crippen molar-refractivity contribution < 1.29 is 9.53 Å². The van der Waals surface area contributed by atoms with E-state index in [9.17, 15) is 4.79 Å². The maximum atomic E-state index is 11.1. The van der Waals surface area contributed by atoms with Gasteiger partial charge >= 0.3 is 5.97 Å². The van der Waals surface area contributed by atoms with Gasteiger partial charge in [-0.3, -0.25) is 0 Å². The molecule has 4 N–H and O–H groups in total. The zero-order valence-electron chi connectivity index (χ0n) is 9.14. The van der Waals surface area contributed by atoms with E-state index in [1.807, 2.05) is 12.1 Å². The number of hydrogen-bond acceptors (Lipinski definition) is 4. The number of nitrogen functional groups attached to an aromatic ring is 2. The lowest BCUT2D eigenvalue weighted by Gasteiger charge is -2.08. The predicted octanol–water partition coefficient (Wildman–Crippen LogP) is 2.10. The Balaban J connectivity index is 2.56. The van der Waals surface area contributed by atoms with Crippen LogP contribution in [0.5, 0.6) is 5.75 Å². The molecular weight excluding hydrogens is 216 g/mol. The summed E-state index contributed by atoms with van der Waals surface area (Å²) in [6, 6.07) is 8.86. The van der Waals surface area contributed by atoms with Gasteiger partial charge in [0.05, 0.1) is 5.69 Å². The maximum absolute atomic E-state index is 11.1. The van der Waals surface area contributed by atoms with Crippen LogP contribution in [0.3, 0.4) is 0 Å². The van der Waals surface area contributed by atoms with E-state index in [1.165, 1.54) is 0 Å². The molecular formula is C13H12N2O2. The van der Waals surface area contributed by atoms with Crippen molar-refractivity contribution in [3.8, 4) is 5.75 Å². The average Bonchev–Trinajstić information content (AvgIpc) is 2.31. The molecule has 0 saturated heterocycles. The molecule has 17 heavy (non-hydrogen) atoms. The molecule has 0 spiro atoms. The van der Waals surface area contributed by atoms with Crippen molar-refractivity contribution in [1.82, 2.24) is 0 Å². The second kappa shape index (κ2) is 4.17. The first kappa shape index (κ1) is 11.0. The summed E-state index contributed by atoms with van der Waals surface area (Å²) in [5.41, 5.74) is 12.6. The highest BCUT2D eigenvalue weighted by Crippen LogP contribution is 2.31. The standard InChI is InChI=1S/C13H12N2O2/c1-2-13(16)17-12-6-8-4-3-5-10(14)9(8)7-11(12)15/h2-7H,1,14-15H2. The van der Waals surface area contributed by atoms with E-state index in [-0.39, 0.29) is 0 Å².